The van der Waals surface area contributed by atoms with Crippen LogP contribution in [0.5, 0.6) is 11.5 Å². The van der Waals surface area contributed by atoms with E-state index in [0.29, 0.717) is 11.5 Å². The molecule has 0 N–H and O–H groups in total. The van der Waals surface area contributed by atoms with Gasteiger partial charge in [-0.25, -0.2) is 4.79 Å². The van der Waals surface area contributed by atoms with Gasteiger partial charge in [0.15, 0.2) is 5.41 Å². The van der Waals surface area contributed by atoms with Crippen molar-refractivity contribution in [3.05, 3.63) is 70.7 Å². The lowest BCUT2D eigenvalue weighted by Gasteiger charge is -2.17. The molecule has 7 heteroatoms. The fraction of sp³-hybridized carbons (Fsp3) is 0.273. The van der Waals surface area contributed by atoms with E-state index in [-0.39, 0.29) is 10.9 Å². The maximum Gasteiger partial charge on any atom is 0.370 e. The molecule has 29 heavy (non-hydrogen) atoms. The molecule has 0 saturated heterocycles. The van der Waals surface area contributed by atoms with Crippen molar-refractivity contribution in [1.29, 1.82) is 5.26 Å². The summed E-state index contributed by atoms with van der Waals surface area (Å²) in [5.41, 5.74) is -3.12. The monoisotopic (exact) mass is 433 g/mol. The van der Waals surface area contributed by atoms with Crippen molar-refractivity contribution in [2.45, 2.75) is 20.3 Å². The van der Waals surface area contributed by atoms with Crippen molar-refractivity contribution in [2.24, 2.45) is 16.2 Å². The van der Waals surface area contributed by atoms with Crippen molar-refractivity contribution in [3.63, 3.8) is 0 Å². The summed E-state index contributed by atoms with van der Waals surface area (Å²) >= 11 is 11.8. The Morgan fingerprint density at radius 2 is 1.79 bits per heavy atom. The first-order chi connectivity index (χ1) is 13.7. The SMILES string of the molecule is CC1(C)C(C=C(Cl)Cl)(Cc2cccc(Oc3ccccc3)c2)C1(C#N)C(=O)OF. The Kier molecular flexibility index (Phi) is 5.62. The number of nitrogens with zero attached hydrogens (tertiary/aromatic N) is 1. The molecule has 2 aromatic carbocycles. The summed E-state index contributed by atoms with van der Waals surface area (Å²) in [5, 5.41) is 9.81. The van der Waals surface area contributed by atoms with Gasteiger partial charge in [-0.15, -0.1) is 0 Å². The van der Waals surface area contributed by atoms with Crippen molar-refractivity contribution >= 4 is 29.2 Å². The molecule has 2 aromatic rings. The van der Waals surface area contributed by atoms with Crippen molar-refractivity contribution < 1.29 is 19.0 Å². The molecule has 0 amide bonds. The Labute approximate surface area is 178 Å². The molecule has 0 heterocycles. The number of carbonyl (C=O) groups is 1. The highest BCUT2D eigenvalue weighted by atomic mass is 35.5. The Balaban J connectivity index is 2.00. The minimum Gasteiger partial charge on any atom is -0.457 e. The molecule has 0 spiro atoms. The molecule has 0 aliphatic heterocycles. The molecule has 0 radical (unpaired) electrons. The molecule has 150 valence electrons. The molecular formula is C22H18Cl2FNO3. The van der Waals surface area contributed by atoms with Crippen LogP contribution in [0, 0.1) is 27.6 Å². The van der Waals surface area contributed by atoms with Crippen LogP contribution in [0.4, 0.5) is 4.53 Å². The predicted octanol–water partition coefficient (Wildman–Crippen LogP) is 6.30. The van der Waals surface area contributed by atoms with Gasteiger partial charge in [0.2, 0.25) is 0 Å². The summed E-state index contributed by atoms with van der Waals surface area (Å²) in [6, 6.07) is 18.4. The molecule has 1 aliphatic rings. The quantitative estimate of drug-likeness (QED) is 0.535. The van der Waals surface area contributed by atoms with Crippen molar-refractivity contribution in [3.8, 4) is 17.6 Å². The highest BCUT2D eigenvalue weighted by Gasteiger charge is 2.87. The van der Waals surface area contributed by atoms with Gasteiger partial charge in [0, 0.05) is 15.4 Å². The van der Waals surface area contributed by atoms with E-state index in [4.69, 9.17) is 27.9 Å². The van der Waals surface area contributed by atoms with E-state index in [1.807, 2.05) is 42.5 Å². The summed E-state index contributed by atoms with van der Waals surface area (Å²) in [5.74, 6) is -0.00593. The largest absolute Gasteiger partial charge is 0.457 e. The average molecular weight is 434 g/mol. The topological polar surface area (TPSA) is 59.3 Å². The van der Waals surface area contributed by atoms with Gasteiger partial charge in [0.05, 0.1) is 6.07 Å². The van der Waals surface area contributed by atoms with Crippen LogP contribution >= 0.6 is 23.2 Å². The third kappa shape index (κ3) is 3.27. The first-order valence-electron chi connectivity index (χ1n) is 8.84. The summed E-state index contributed by atoms with van der Waals surface area (Å²) in [7, 11) is 0. The lowest BCUT2D eigenvalue weighted by Crippen LogP contribution is -2.24. The number of hydrogen-bond acceptors (Lipinski definition) is 4. The normalized spacial score (nSPS) is 24.1. The Bertz CT molecular complexity index is 999. The third-order valence-electron chi connectivity index (χ3n) is 5.92. The van der Waals surface area contributed by atoms with E-state index in [1.54, 1.807) is 32.0 Å². The van der Waals surface area contributed by atoms with E-state index in [0.717, 1.165) is 5.56 Å². The van der Waals surface area contributed by atoms with Gasteiger partial charge < -0.3 is 4.74 Å². The molecular weight excluding hydrogens is 416 g/mol. The number of benzene rings is 2. The van der Waals surface area contributed by atoms with Crippen molar-refractivity contribution in [1.82, 2.24) is 0 Å². The van der Waals surface area contributed by atoms with Crippen LogP contribution in [0.1, 0.15) is 19.4 Å². The molecule has 3 rings (SSSR count). The lowest BCUT2D eigenvalue weighted by molar-refractivity contribution is -0.190. The minimum absolute atomic E-state index is 0.112. The molecule has 1 saturated carbocycles. The summed E-state index contributed by atoms with van der Waals surface area (Å²) < 4.78 is 18.6. The number of halogens is 3. The van der Waals surface area contributed by atoms with Crippen LogP contribution in [-0.2, 0) is 16.2 Å². The van der Waals surface area contributed by atoms with Gasteiger partial charge in [0.25, 0.3) is 0 Å². The zero-order valence-corrected chi connectivity index (χ0v) is 17.3. The maximum atomic E-state index is 12.9. The highest BCUT2D eigenvalue weighted by Crippen LogP contribution is 2.80. The second-order valence-electron chi connectivity index (χ2n) is 7.50. The molecule has 1 fully saturated rings. The average Bonchev–Trinajstić information content (AvgIpc) is 3.09. The molecule has 0 aromatic heterocycles. The number of carbonyl (C=O) groups excluding carboxylic acids is 1. The van der Waals surface area contributed by atoms with Gasteiger partial charge in [-0.1, -0.05) is 67.4 Å². The summed E-state index contributed by atoms with van der Waals surface area (Å²) in [4.78, 5) is 15.8. The van der Waals surface area contributed by atoms with Crippen molar-refractivity contribution in [2.75, 3.05) is 0 Å². The van der Waals surface area contributed by atoms with Gasteiger partial charge >= 0.3 is 5.97 Å². The van der Waals surface area contributed by atoms with Crippen LogP contribution in [0.25, 0.3) is 0 Å². The standard InChI is InChI=1S/C22H18Cl2FNO3/c1-20(2)21(13-18(23)24,22(20,14-26)19(27)29-25)12-15-7-6-10-17(11-15)28-16-8-4-3-5-9-16/h3-11,13H,12H2,1-2H3. The zero-order valence-electron chi connectivity index (χ0n) is 15.8. The number of rotatable bonds is 6. The summed E-state index contributed by atoms with van der Waals surface area (Å²) in [6.45, 7) is 3.37. The third-order valence-corrected chi connectivity index (χ3v) is 6.14. The first-order valence-corrected chi connectivity index (χ1v) is 9.59. The van der Waals surface area contributed by atoms with Crippen LogP contribution in [-0.4, -0.2) is 5.97 Å². The molecule has 0 bridgehead atoms. The fourth-order valence-electron chi connectivity index (χ4n) is 4.32. The van der Waals surface area contributed by atoms with E-state index in [2.05, 4.69) is 4.94 Å². The van der Waals surface area contributed by atoms with Gasteiger partial charge in [-0.05, 0) is 42.3 Å². The summed E-state index contributed by atoms with van der Waals surface area (Å²) in [6.07, 6.45) is 1.64. The second-order valence-corrected chi connectivity index (χ2v) is 8.50. The van der Waals surface area contributed by atoms with Crippen LogP contribution < -0.4 is 4.74 Å². The number of hydrogen-bond donors (Lipinski definition) is 0. The smallest absolute Gasteiger partial charge is 0.370 e. The fourth-order valence-corrected chi connectivity index (χ4v) is 4.70. The molecule has 1 aliphatic carbocycles. The number of ether oxygens (including phenoxy) is 1. The molecule has 2 atom stereocenters. The van der Waals surface area contributed by atoms with Gasteiger partial charge in [0.1, 0.15) is 16.0 Å². The van der Waals surface area contributed by atoms with Crippen LogP contribution in [0.2, 0.25) is 0 Å². The molecule has 4 nitrogen and oxygen atoms in total. The Morgan fingerprint density at radius 1 is 1.14 bits per heavy atom. The molecule has 2 unspecified atom stereocenters. The number of allylic oxidation sites excluding steroid dienone is 1. The van der Waals surface area contributed by atoms with E-state index >= 15 is 0 Å². The van der Waals surface area contributed by atoms with Gasteiger partial charge in [-0.2, -0.15) is 5.26 Å². The van der Waals surface area contributed by atoms with E-state index in [9.17, 15) is 14.6 Å². The van der Waals surface area contributed by atoms with Crippen LogP contribution in [0.15, 0.2) is 65.2 Å². The maximum absolute atomic E-state index is 12.9. The predicted molar refractivity (Wildman–Crippen MR) is 108 cm³/mol. The van der Waals surface area contributed by atoms with E-state index < -0.39 is 22.2 Å². The zero-order chi connectivity index (χ0) is 21.3. The second kappa shape index (κ2) is 7.70. The number of nitriles is 1. The minimum atomic E-state index is -1.76. The van der Waals surface area contributed by atoms with Crippen LogP contribution in [0.3, 0.4) is 0 Å². The Hall–Kier alpha value is -2.55. The van der Waals surface area contributed by atoms with Gasteiger partial charge in [-0.3, -0.25) is 4.94 Å². The highest BCUT2D eigenvalue weighted by molar-refractivity contribution is 6.56. The lowest BCUT2D eigenvalue weighted by atomic mass is 9.86. The van der Waals surface area contributed by atoms with E-state index in [1.165, 1.54) is 6.08 Å². The first kappa shape index (κ1) is 21.2. The Morgan fingerprint density at radius 3 is 2.38 bits per heavy atom. The number of para-hydroxylation sites is 1.